The van der Waals surface area contributed by atoms with Crippen LogP contribution in [0.1, 0.15) is 0 Å². The second kappa shape index (κ2) is 6.19. The zero-order valence-corrected chi connectivity index (χ0v) is 11.4. The minimum absolute atomic E-state index is 0. The molecule has 1 heterocycles. The van der Waals surface area contributed by atoms with Crippen molar-refractivity contribution in [3.8, 4) is 22.6 Å². The van der Waals surface area contributed by atoms with Gasteiger partial charge in [0.15, 0.2) is 23.9 Å². The zero-order chi connectivity index (χ0) is 13.1. The lowest BCUT2D eigenvalue weighted by Gasteiger charge is -2.03. The number of pyridine rings is 1. The van der Waals surface area contributed by atoms with E-state index in [0.29, 0.717) is 0 Å². The number of rotatable bonds is 3. The first-order valence-corrected chi connectivity index (χ1v) is 5.29. The highest BCUT2D eigenvalue weighted by Gasteiger charge is 2.08. The number of carboxylic acids is 1. The summed E-state index contributed by atoms with van der Waals surface area (Å²) in [4.78, 5) is 10.5. The van der Waals surface area contributed by atoms with Gasteiger partial charge in [-0.1, -0.05) is 6.07 Å². The number of hydrogen-bond acceptors (Lipinski definition) is 3. The molecule has 0 unspecified atom stereocenters. The Bertz CT molecular complexity index is 584. The monoisotopic (exact) mass is 325 g/mol. The van der Waals surface area contributed by atoms with Gasteiger partial charge in [-0.25, -0.2) is 4.79 Å². The maximum absolute atomic E-state index is 10.5. The number of carbonyl (C=O) groups is 1. The summed E-state index contributed by atoms with van der Waals surface area (Å²) in [6, 6.07) is 8.02. The van der Waals surface area contributed by atoms with E-state index < -0.39 is 5.97 Å². The van der Waals surface area contributed by atoms with Crippen molar-refractivity contribution in [3.05, 3.63) is 42.7 Å². The number of phenolic OH excluding ortho intramolecular Hbond substituents is 2. The molecule has 0 bridgehead atoms. The number of hydrogen-bond donors (Lipinski definition) is 3. The van der Waals surface area contributed by atoms with Crippen LogP contribution in [0.15, 0.2) is 42.7 Å². The molecule has 0 aliphatic carbocycles. The van der Waals surface area contributed by atoms with Crippen LogP contribution in [0.2, 0.25) is 0 Å². The molecule has 0 radical (unpaired) electrons. The summed E-state index contributed by atoms with van der Waals surface area (Å²) in [6.45, 7) is -0.0961. The molecule has 1 aromatic heterocycles. The molecular weight excluding hydrogens is 314 g/mol. The smallest absolute Gasteiger partial charge is 0.370 e. The fourth-order valence-corrected chi connectivity index (χ4v) is 1.61. The maximum atomic E-state index is 10.5. The van der Waals surface area contributed by atoms with Crippen LogP contribution in [-0.4, -0.2) is 21.3 Å². The molecule has 5 nitrogen and oxygen atoms in total. The molecular formula is C13H12BrNO4. The second-order valence-electron chi connectivity index (χ2n) is 3.86. The van der Waals surface area contributed by atoms with Crippen molar-refractivity contribution in [1.29, 1.82) is 0 Å². The van der Waals surface area contributed by atoms with Crippen LogP contribution in [0, 0.1) is 0 Å². The van der Waals surface area contributed by atoms with E-state index in [0.717, 1.165) is 11.1 Å². The van der Waals surface area contributed by atoms with Gasteiger partial charge in [-0.3, -0.25) is 0 Å². The molecule has 2 rings (SSSR count). The normalized spacial score (nSPS) is 9.68. The van der Waals surface area contributed by atoms with E-state index in [4.69, 9.17) is 5.11 Å². The van der Waals surface area contributed by atoms with Gasteiger partial charge in [0.2, 0.25) is 6.54 Å². The number of carboxylic acid groups (broad SMARTS) is 1. The number of aliphatic carboxylic acids is 1. The van der Waals surface area contributed by atoms with E-state index in [1.54, 1.807) is 30.6 Å². The lowest BCUT2D eigenvalue weighted by Crippen LogP contribution is -3.00. The molecule has 0 saturated carbocycles. The Morgan fingerprint density at radius 1 is 1.00 bits per heavy atom. The van der Waals surface area contributed by atoms with E-state index in [9.17, 15) is 15.0 Å². The second-order valence-corrected chi connectivity index (χ2v) is 3.86. The number of benzene rings is 1. The predicted molar refractivity (Wildman–Crippen MR) is 63.0 cm³/mol. The Balaban J connectivity index is 0.00000180. The highest BCUT2D eigenvalue weighted by molar-refractivity contribution is 5.66. The standard InChI is InChI=1S/C13H11NO4.BrH/c15-11-2-1-10(7-12(11)16)9-3-5-14(6-4-9)8-13(17)18;/h1-7H,8H2,(H2,16,17,18);1H. The number of phenols is 2. The van der Waals surface area contributed by atoms with Crippen molar-refractivity contribution in [2.75, 3.05) is 0 Å². The molecule has 0 aliphatic rings. The molecule has 19 heavy (non-hydrogen) atoms. The van der Waals surface area contributed by atoms with Crippen LogP contribution in [0.25, 0.3) is 11.1 Å². The van der Waals surface area contributed by atoms with Crippen molar-refractivity contribution < 1.29 is 41.7 Å². The SMILES string of the molecule is O=C(O)C[n+]1ccc(-c2ccc(O)c(O)c2)cc1.[Br-]. The summed E-state index contributed by atoms with van der Waals surface area (Å²) in [6.07, 6.45) is 3.29. The van der Waals surface area contributed by atoms with E-state index in [2.05, 4.69) is 0 Å². The lowest BCUT2D eigenvalue weighted by molar-refractivity contribution is -0.685. The fraction of sp³-hybridized carbons (Fsp3) is 0.0769. The van der Waals surface area contributed by atoms with Gasteiger partial charge in [0.25, 0.3) is 0 Å². The quantitative estimate of drug-likeness (QED) is 0.457. The van der Waals surface area contributed by atoms with Crippen LogP contribution in [-0.2, 0) is 11.3 Å². The summed E-state index contributed by atoms with van der Waals surface area (Å²) in [5.74, 6) is -1.26. The third-order valence-corrected chi connectivity index (χ3v) is 2.52. The lowest BCUT2D eigenvalue weighted by atomic mass is 10.1. The largest absolute Gasteiger partial charge is 1.00 e. The first kappa shape index (κ1) is 15.0. The van der Waals surface area contributed by atoms with Gasteiger partial charge in [-0.15, -0.1) is 0 Å². The molecule has 0 saturated heterocycles. The first-order valence-electron chi connectivity index (χ1n) is 5.29. The molecule has 0 atom stereocenters. The molecule has 0 spiro atoms. The molecule has 100 valence electrons. The van der Waals surface area contributed by atoms with Crippen molar-refractivity contribution in [1.82, 2.24) is 0 Å². The average Bonchev–Trinajstić information content (AvgIpc) is 2.33. The zero-order valence-electron chi connectivity index (χ0n) is 9.82. The Hall–Kier alpha value is -2.08. The average molecular weight is 326 g/mol. The summed E-state index contributed by atoms with van der Waals surface area (Å²) < 4.78 is 1.53. The molecule has 0 aliphatic heterocycles. The number of halogens is 1. The summed E-state index contributed by atoms with van der Waals surface area (Å²) in [5.41, 5.74) is 1.57. The van der Waals surface area contributed by atoms with Crippen LogP contribution in [0.5, 0.6) is 11.5 Å². The Morgan fingerprint density at radius 3 is 2.16 bits per heavy atom. The van der Waals surface area contributed by atoms with E-state index >= 15 is 0 Å². The highest BCUT2D eigenvalue weighted by atomic mass is 79.9. The van der Waals surface area contributed by atoms with Crippen molar-refractivity contribution in [3.63, 3.8) is 0 Å². The summed E-state index contributed by atoms with van der Waals surface area (Å²) in [7, 11) is 0. The van der Waals surface area contributed by atoms with Crippen LogP contribution in [0.3, 0.4) is 0 Å². The van der Waals surface area contributed by atoms with E-state index in [1.165, 1.54) is 16.7 Å². The van der Waals surface area contributed by atoms with Gasteiger partial charge in [0, 0.05) is 12.1 Å². The van der Waals surface area contributed by atoms with Crippen molar-refractivity contribution in [2.24, 2.45) is 0 Å². The van der Waals surface area contributed by atoms with Gasteiger partial charge < -0.3 is 32.3 Å². The van der Waals surface area contributed by atoms with Crippen molar-refractivity contribution >= 4 is 5.97 Å². The van der Waals surface area contributed by atoms with Crippen LogP contribution in [0.4, 0.5) is 0 Å². The third kappa shape index (κ3) is 3.69. The van der Waals surface area contributed by atoms with Gasteiger partial charge >= 0.3 is 5.97 Å². The van der Waals surface area contributed by atoms with Crippen LogP contribution < -0.4 is 21.5 Å². The third-order valence-electron chi connectivity index (χ3n) is 2.52. The van der Waals surface area contributed by atoms with Gasteiger partial charge in [0.1, 0.15) is 0 Å². The number of aromatic hydroxyl groups is 2. The Morgan fingerprint density at radius 2 is 1.63 bits per heavy atom. The minimum Gasteiger partial charge on any atom is -1.00 e. The Kier molecular flexibility index (Phi) is 4.88. The predicted octanol–water partition coefficient (Wildman–Crippen LogP) is -1.86. The van der Waals surface area contributed by atoms with Crippen LogP contribution >= 0.6 is 0 Å². The van der Waals surface area contributed by atoms with E-state index in [1.807, 2.05) is 0 Å². The first-order chi connectivity index (χ1) is 8.56. The molecule has 6 heteroatoms. The topological polar surface area (TPSA) is 81.6 Å². The van der Waals surface area contributed by atoms with Crippen molar-refractivity contribution in [2.45, 2.75) is 6.54 Å². The molecule has 2 aromatic rings. The van der Waals surface area contributed by atoms with E-state index in [-0.39, 0.29) is 35.0 Å². The van der Waals surface area contributed by atoms with Gasteiger partial charge in [-0.05, 0) is 23.3 Å². The van der Waals surface area contributed by atoms with Gasteiger partial charge in [0.05, 0.1) is 0 Å². The Labute approximate surface area is 120 Å². The molecule has 3 N–H and O–H groups in total. The number of aromatic nitrogens is 1. The minimum atomic E-state index is -0.907. The molecule has 0 fully saturated rings. The maximum Gasteiger partial charge on any atom is 0.370 e. The number of nitrogens with zero attached hydrogens (tertiary/aromatic N) is 1. The fourth-order valence-electron chi connectivity index (χ4n) is 1.61. The summed E-state index contributed by atoms with van der Waals surface area (Å²) in [5, 5.41) is 27.3. The molecule has 0 amide bonds. The highest BCUT2D eigenvalue weighted by Crippen LogP contribution is 2.29. The van der Waals surface area contributed by atoms with Gasteiger partial charge in [-0.2, -0.15) is 4.57 Å². The summed E-state index contributed by atoms with van der Waals surface area (Å²) >= 11 is 0. The molecule has 1 aromatic carbocycles.